The first-order valence-corrected chi connectivity index (χ1v) is 9.29. The van der Waals surface area contributed by atoms with E-state index in [9.17, 15) is 0 Å². The summed E-state index contributed by atoms with van der Waals surface area (Å²) in [4.78, 5) is 16.2. The first-order valence-electron chi connectivity index (χ1n) is 8.49. The molecule has 0 aliphatic carbocycles. The van der Waals surface area contributed by atoms with Crippen LogP contribution in [0, 0.1) is 0 Å². The third-order valence-corrected chi connectivity index (χ3v) is 5.06. The Morgan fingerprint density at radius 3 is 2.04 bits per heavy atom. The first kappa shape index (κ1) is 16.1. The number of fused-ring (bicyclic) bond motifs is 2. The highest BCUT2D eigenvalue weighted by molar-refractivity contribution is 9.10. The van der Waals surface area contributed by atoms with Gasteiger partial charge in [-0.15, -0.1) is 0 Å². The van der Waals surface area contributed by atoms with Gasteiger partial charge >= 0.3 is 0 Å². The van der Waals surface area contributed by atoms with Crippen molar-refractivity contribution in [3.8, 4) is 28.5 Å². The minimum Gasteiger partial charge on any atom is -0.497 e. The maximum Gasteiger partial charge on any atom is 0.138 e. The van der Waals surface area contributed by atoms with Crippen LogP contribution in [0.4, 0.5) is 0 Å². The van der Waals surface area contributed by atoms with Gasteiger partial charge < -0.3 is 14.7 Å². The van der Waals surface area contributed by atoms with Crippen molar-refractivity contribution in [2.45, 2.75) is 0 Å². The van der Waals surface area contributed by atoms with E-state index in [2.05, 4.69) is 32.0 Å². The Hall–Kier alpha value is -3.12. The van der Waals surface area contributed by atoms with Gasteiger partial charge in [-0.3, -0.25) is 0 Å². The molecule has 5 rings (SSSR count). The zero-order chi connectivity index (χ0) is 18.4. The zero-order valence-electron chi connectivity index (χ0n) is 14.5. The molecule has 0 amide bonds. The SMILES string of the molecule is COc1ccc(-c2nc3ccc(-c4nc5ccc(Br)cc5[nH]4)cc3[nH]2)cc1. The Balaban J connectivity index is 1.56. The number of nitrogens with one attached hydrogen (secondary N) is 2. The Bertz CT molecular complexity index is 1270. The molecule has 0 unspecified atom stereocenters. The van der Waals surface area contributed by atoms with Crippen LogP contribution >= 0.6 is 15.9 Å². The van der Waals surface area contributed by atoms with E-state index in [1.807, 2.05) is 54.6 Å². The lowest BCUT2D eigenvalue weighted by Crippen LogP contribution is -1.83. The lowest BCUT2D eigenvalue weighted by Gasteiger charge is -2.00. The summed E-state index contributed by atoms with van der Waals surface area (Å²) in [5.41, 5.74) is 5.87. The molecule has 2 N–H and O–H groups in total. The molecule has 6 heteroatoms. The fourth-order valence-electron chi connectivity index (χ4n) is 3.16. The van der Waals surface area contributed by atoms with Crippen molar-refractivity contribution >= 4 is 38.0 Å². The van der Waals surface area contributed by atoms with Gasteiger partial charge in [-0.05, 0) is 60.7 Å². The molecule has 0 aliphatic heterocycles. The summed E-state index contributed by atoms with van der Waals surface area (Å²) < 4.78 is 6.24. The molecule has 0 aliphatic rings. The Morgan fingerprint density at radius 2 is 1.33 bits per heavy atom. The van der Waals surface area contributed by atoms with Gasteiger partial charge in [0.25, 0.3) is 0 Å². The fourth-order valence-corrected chi connectivity index (χ4v) is 3.52. The largest absolute Gasteiger partial charge is 0.497 e. The molecule has 0 radical (unpaired) electrons. The van der Waals surface area contributed by atoms with Crippen LogP contribution in [0.25, 0.3) is 44.8 Å². The number of benzene rings is 3. The molecular weight excluding hydrogens is 404 g/mol. The van der Waals surface area contributed by atoms with E-state index >= 15 is 0 Å². The number of methoxy groups -OCH3 is 1. The van der Waals surface area contributed by atoms with Crippen molar-refractivity contribution in [1.29, 1.82) is 0 Å². The lowest BCUT2D eigenvalue weighted by atomic mass is 10.2. The molecule has 132 valence electrons. The maximum atomic E-state index is 5.22. The van der Waals surface area contributed by atoms with Gasteiger partial charge in [0, 0.05) is 15.6 Å². The maximum absolute atomic E-state index is 5.22. The highest BCUT2D eigenvalue weighted by Crippen LogP contribution is 2.27. The van der Waals surface area contributed by atoms with E-state index in [1.54, 1.807) is 7.11 Å². The van der Waals surface area contributed by atoms with Crippen LogP contribution in [0.3, 0.4) is 0 Å². The molecule has 0 saturated carbocycles. The minimum absolute atomic E-state index is 0.827. The summed E-state index contributed by atoms with van der Waals surface area (Å²) in [5.74, 6) is 2.50. The van der Waals surface area contributed by atoms with Gasteiger partial charge in [0.2, 0.25) is 0 Å². The number of hydrogen-bond donors (Lipinski definition) is 2. The standard InChI is InChI=1S/C21H15BrN4O/c1-27-15-6-2-12(3-7-15)20-23-16-8-4-13(10-18(16)25-20)21-24-17-9-5-14(22)11-19(17)26-21/h2-11H,1H3,(H,23,25)(H,24,26). The number of aromatic amines is 2. The highest BCUT2D eigenvalue weighted by atomic mass is 79.9. The Labute approximate surface area is 163 Å². The molecule has 2 heterocycles. The molecule has 0 fully saturated rings. The highest BCUT2D eigenvalue weighted by Gasteiger charge is 2.10. The second kappa shape index (κ2) is 6.25. The summed E-state index contributed by atoms with van der Waals surface area (Å²) in [6.07, 6.45) is 0. The second-order valence-corrected chi connectivity index (χ2v) is 7.21. The fraction of sp³-hybridized carbons (Fsp3) is 0.0476. The van der Waals surface area contributed by atoms with Crippen LogP contribution in [0.15, 0.2) is 65.1 Å². The molecule has 0 bridgehead atoms. The van der Waals surface area contributed by atoms with Crippen LogP contribution in [0.1, 0.15) is 0 Å². The Kier molecular flexibility index (Phi) is 3.72. The van der Waals surface area contributed by atoms with Gasteiger partial charge in [-0.25, -0.2) is 9.97 Å². The van der Waals surface area contributed by atoms with Gasteiger partial charge in [-0.2, -0.15) is 0 Å². The van der Waals surface area contributed by atoms with Crippen LogP contribution in [-0.4, -0.2) is 27.0 Å². The van der Waals surface area contributed by atoms with Crippen molar-refractivity contribution in [2.24, 2.45) is 0 Å². The molecule has 5 aromatic rings. The average molecular weight is 419 g/mol. The number of aromatic nitrogens is 4. The van der Waals surface area contributed by atoms with E-state index < -0.39 is 0 Å². The van der Waals surface area contributed by atoms with Crippen molar-refractivity contribution in [2.75, 3.05) is 7.11 Å². The minimum atomic E-state index is 0.827. The van der Waals surface area contributed by atoms with E-state index in [4.69, 9.17) is 14.7 Å². The lowest BCUT2D eigenvalue weighted by molar-refractivity contribution is 0.415. The number of imidazole rings is 2. The number of H-pyrrole nitrogens is 2. The third-order valence-electron chi connectivity index (χ3n) is 4.56. The first-order chi connectivity index (χ1) is 13.2. The van der Waals surface area contributed by atoms with E-state index in [-0.39, 0.29) is 0 Å². The van der Waals surface area contributed by atoms with Gasteiger partial charge in [0.1, 0.15) is 17.4 Å². The van der Waals surface area contributed by atoms with Crippen molar-refractivity contribution in [1.82, 2.24) is 19.9 Å². The molecule has 0 atom stereocenters. The third kappa shape index (κ3) is 2.88. The topological polar surface area (TPSA) is 66.6 Å². The van der Waals surface area contributed by atoms with Gasteiger partial charge in [-0.1, -0.05) is 15.9 Å². The van der Waals surface area contributed by atoms with E-state index in [1.165, 1.54) is 0 Å². The average Bonchev–Trinajstić information content (AvgIpc) is 3.31. The number of halogens is 1. The zero-order valence-corrected chi connectivity index (χ0v) is 16.0. The van der Waals surface area contributed by atoms with Crippen LogP contribution in [0.2, 0.25) is 0 Å². The number of nitrogens with zero attached hydrogens (tertiary/aromatic N) is 2. The monoisotopic (exact) mass is 418 g/mol. The van der Waals surface area contributed by atoms with E-state index in [0.29, 0.717) is 0 Å². The van der Waals surface area contributed by atoms with Crippen molar-refractivity contribution < 1.29 is 4.74 Å². The molecule has 27 heavy (non-hydrogen) atoms. The summed E-state index contributed by atoms with van der Waals surface area (Å²) in [7, 11) is 1.66. The molecular formula is C21H15BrN4O. The van der Waals surface area contributed by atoms with Crippen LogP contribution in [0.5, 0.6) is 5.75 Å². The Morgan fingerprint density at radius 1 is 0.741 bits per heavy atom. The molecule has 3 aromatic carbocycles. The molecule has 0 saturated heterocycles. The van der Waals surface area contributed by atoms with Crippen molar-refractivity contribution in [3.05, 3.63) is 65.1 Å². The normalized spacial score (nSPS) is 11.3. The molecule has 2 aromatic heterocycles. The van der Waals surface area contributed by atoms with Crippen molar-refractivity contribution in [3.63, 3.8) is 0 Å². The van der Waals surface area contributed by atoms with Gasteiger partial charge in [0.15, 0.2) is 0 Å². The predicted octanol–water partition coefficient (Wildman–Crippen LogP) is 5.54. The second-order valence-electron chi connectivity index (χ2n) is 6.29. The van der Waals surface area contributed by atoms with E-state index in [0.717, 1.165) is 55.1 Å². The summed E-state index contributed by atoms with van der Waals surface area (Å²) >= 11 is 3.50. The summed E-state index contributed by atoms with van der Waals surface area (Å²) in [6.45, 7) is 0. The summed E-state index contributed by atoms with van der Waals surface area (Å²) in [6, 6.07) is 20.0. The van der Waals surface area contributed by atoms with Crippen LogP contribution in [-0.2, 0) is 0 Å². The van der Waals surface area contributed by atoms with Gasteiger partial charge in [0.05, 0.1) is 29.2 Å². The quantitative estimate of drug-likeness (QED) is 0.403. The van der Waals surface area contributed by atoms with Crippen LogP contribution < -0.4 is 4.74 Å². The molecule has 5 nitrogen and oxygen atoms in total. The number of ether oxygens (including phenoxy) is 1. The number of rotatable bonds is 3. The summed E-state index contributed by atoms with van der Waals surface area (Å²) in [5, 5.41) is 0. The predicted molar refractivity (Wildman–Crippen MR) is 111 cm³/mol. The molecule has 0 spiro atoms. The number of hydrogen-bond acceptors (Lipinski definition) is 3. The smallest absolute Gasteiger partial charge is 0.138 e.